The van der Waals surface area contributed by atoms with E-state index in [0.717, 1.165) is 13.0 Å². The minimum absolute atomic E-state index is 0.206. The number of likely N-dealkylation sites (N-methyl/N-ethyl adjacent to an activating group) is 1. The van der Waals surface area contributed by atoms with E-state index in [1.165, 1.54) is 10.4 Å². The van der Waals surface area contributed by atoms with Gasteiger partial charge in [-0.2, -0.15) is 5.10 Å². The summed E-state index contributed by atoms with van der Waals surface area (Å²) in [7, 11) is 2.14. The van der Waals surface area contributed by atoms with Crippen molar-refractivity contribution in [3.8, 4) is 0 Å². The van der Waals surface area contributed by atoms with Gasteiger partial charge in [0.2, 0.25) is 0 Å². The first-order valence-electron chi connectivity index (χ1n) is 7.15. The van der Waals surface area contributed by atoms with Crippen LogP contribution in [-0.4, -0.2) is 28.3 Å². The van der Waals surface area contributed by atoms with E-state index in [-0.39, 0.29) is 6.04 Å². The summed E-state index contributed by atoms with van der Waals surface area (Å²) in [6.07, 6.45) is 5.17. The molecule has 5 heteroatoms. The fourth-order valence-electron chi connectivity index (χ4n) is 2.44. The van der Waals surface area contributed by atoms with Gasteiger partial charge in [-0.25, -0.2) is 0 Å². The minimum atomic E-state index is 0.206. The molecule has 2 atom stereocenters. The normalized spacial score (nSPS) is 14.7. The fourth-order valence-corrected chi connectivity index (χ4v) is 3.27. The molecule has 2 unspecified atom stereocenters. The molecule has 110 valence electrons. The number of aryl methyl sites for hydroxylation is 1. The Balaban J connectivity index is 2.13. The quantitative estimate of drug-likeness (QED) is 0.853. The van der Waals surface area contributed by atoms with E-state index >= 15 is 0 Å². The molecule has 0 aliphatic heterocycles. The van der Waals surface area contributed by atoms with E-state index in [0.29, 0.717) is 12.6 Å². The lowest BCUT2D eigenvalue weighted by molar-refractivity contribution is 0.192. The first-order valence-corrected chi connectivity index (χ1v) is 8.03. The summed E-state index contributed by atoms with van der Waals surface area (Å²) in [5.74, 6) is 0. The molecule has 2 N–H and O–H groups in total. The second-order valence-corrected chi connectivity index (χ2v) is 6.12. The Morgan fingerprint density at radius 1 is 1.50 bits per heavy atom. The maximum atomic E-state index is 6.00. The highest BCUT2D eigenvalue weighted by Gasteiger charge is 2.23. The second kappa shape index (κ2) is 7.02. The second-order valence-electron chi connectivity index (χ2n) is 5.15. The molecule has 4 nitrogen and oxygen atoms in total. The molecule has 0 aliphatic carbocycles. The van der Waals surface area contributed by atoms with Crippen LogP contribution in [0, 0.1) is 0 Å². The van der Waals surface area contributed by atoms with Gasteiger partial charge in [0, 0.05) is 35.8 Å². The molecule has 0 amide bonds. The number of hydrogen-bond donors (Lipinski definition) is 1. The van der Waals surface area contributed by atoms with Crippen molar-refractivity contribution in [3.05, 3.63) is 40.3 Å². The third-order valence-electron chi connectivity index (χ3n) is 3.77. The van der Waals surface area contributed by atoms with Gasteiger partial charge < -0.3 is 5.73 Å². The fraction of sp³-hybridized carbons (Fsp3) is 0.533. The van der Waals surface area contributed by atoms with Gasteiger partial charge in [-0.05, 0) is 31.8 Å². The van der Waals surface area contributed by atoms with Crippen molar-refractivity contribution in [2.45, 2.75) is 38.9 Å². The molecule has 0 bridgehead atoms. The Kier molecular flexibility index (Phi) is 5.34. The molecular weight excluding hydrogens is 268 g/mol. The number of thiophene rings is 1. The van der Waals surface area contributed by atoms with Gasteiger partial charge in [0.25, 0.3) is 0 Å². The zero-order chi connectivity index (χ0) is 14.5. The highest BCUT2D eigenvalue weighted by Crippen LogP contribution is 2.30. The lowest BCUT2D eigenvalue weighted by atomic mass is 10.1. The first-order chi connectivity index (χ1) is 9.67. The van der Waals surface area contributed by atoms with Crippen LogP contribution in [0.5, 0.6) is 0 Å². The van der Waals surface area contributed by atoms with Crippen LogP contribution in [0.15, 0.2) is 29.9 Å². The summed E-state index contributed by atoms with van der Waals surface area (Å²) in [5.41, 5.74) is 7.21. The van der Waals surface area contributed by atoms with Gasteiger partial charge in [-0.3, -0.25) is 9.58 Å². The van der Waals surface area contributed by atoms with Gasteiger partial charge in [-0.1, -0.05) is 13.0 Å². The lowest BCUT2D eigenvalue weighted by Gasteiger charge is -2.31. The topological polar surface area (TPSA) is 47.1 Å². The monoisotopic (exact) mass is 292 g/mol. The average Bonchev–Trinajstić information content (AvgIpc) is 3.10. The summed E-state index contributed by atoms with van der Waals surface area (Å²) in [5, 5.41) is 6.54. The van der Waals surface area contributed by atoms with Crippen molar-refractivity contribution in [2.24, 2.45) is 5.73 Å². The van der Waals surface area contributed by atoms with Crippen LogP contribution in [0.4, 0.5) is 0 Å². The van der Waals surface area contributed by atoms with Crippen LogP contribution >= 0.6 is 11.3 Å². The van der Waals surface area contributed by atoms with Crippen LogP contribution in [0.25, 0.3) is 0 Å². The molecule has 0 spiro atoms. The molecule has 0 fully saturated rings. The van der Waals surface area contributed by atoms with Gasteiger partial charge >= 0.3 is 0 Å². The van der Waals surface area contributed by atoms with Gasteiger partial charge in [-0.15, -0.1) is 11.3 Å². The SMILES string of the molecule is CCCn1cc(C(CN)N(C)C(C)c2cccs2)cn1. The number of rotatable bonds is 7. The lowest BCUT2D eigenvalue weighted by Crippen LogP contribution is -2.32. The Morgan fingerprint density at radius 2 is 2.30 bits per heavy atom. The van der Waals surface area contributed by atoms with Crippen molar-refractivity contribution < 1.29 is 0 Å². The maximum absolute atomic E-state index is 6.00. The maximum Gasteiger partial charge on any atom is 0.0538 e. The Hall–Kier alpha value is -1.17. The largest absolute Gasteiger partial charge is 0.329 e. The first kappa shape index (κ1) is 15.2. The summed E-state index contributed by atoms with van der Waals surface area (Å²) >= 11 is 1.79. The Morgan fingerprint density at radius 3 is 2.90 bits per heavy atom. The predicted molar refractivity (Wildman–Crippen MR) is 84.8 cm³/mol. The third kappa shape index (κ3) is 3.29. The van der Waals surface area contributed by atoms with E-state index in [4.69, 9.17) is 5.73 Å². The molecule has 20 heavy (non-hydrogen) atoms. The molecule has 2 rings (SSSR count). The molecule has 0 aromatic carbocycles. The van der Waals surface area contributed by atoms with Crippen LogP contribution in [0.3, 0.4) is 0 Å². The van der Waals surface area contributed by atoms with Gasteiger partial charge in [0.1, 0.15) is 0 Å². The Bertz CT molecular complexity index is 506. The van der Waals surface area contributed by atoms with Crippen molar-refractivity contribution in [2.75, 3.05) is 13.6 Å². The van der Waals surface area contributed by atoms with Crippen molar-refractivity contribution in [1.82, 2.24) is 14.7 Å². The van der Waals surface area contributed by atoms with E-state index in [2.05, 4.69) is 54.6 Å². The van der Waals surface area contributed by atoms with E-state index in [9.17, 15) is 0 Å². The Labute approximate surface area is 125 Å². The predicted octanol–water partition coefficient (Wildman–Crippen LogP) is 3.05. The zero-order valence-corrected chi connectivity index (χ0v) is 13.3. The van der Waals surface area contributed by atoms with Crippen LogP contribution < -0.4 is 5.73 Å². The molecule has 0 saturated carbocycles. The summed E-state index contributed by atoms with van der Waals surface area (Å²) in [6.45, 7) is 5.95. The number of hydrogen-bond acceptors (Lipinski definition) is 4. The molecule has 0 aliphatic rings. The number of nitrogens with two attached hydrogens (primary N) is 1. The molecule has 0 saturated heterocycles. The van der Waals surface area contributed by atoms with Crippen LogP contribution in [-0.2, 0) is 6.54 Å². The molecule has 2 aromatic heterocycles. The van der Waals surface area contributed by atoms with Crippen molar-refractivity contribution in [1.29, 1.82) is 0 Å². The molecule has 2 heterocycles. The van der Waals surface area contributed by atoms with Crippen molar-refractivity contribution >= 4 is 11.3 Å². The van der Waals surface area contributed by atoms with E-state index in [1.807, 2.05) is 10.9 Å². The van der Waals surface area contributed by atoms with Gasteiger partial charge in [0.05, 0.1) is 12.2 Å². The van der Waals surface area contributed by atoms with E-state index in [1.54, 1.807) is 11.3 Å². The summed E-state index contributed by atoms with van der Waals surface area (Å²) in [6, 6.07) is 4.84. The van der Waals surface area contributed by atoms with Gasteiger partial charge in [0.15, 0.2) is 0 Å². The average molecular weight is 292 g/mol. The summed E-state index contributed by atoms with van der Waals surface area (Å²) < 4.78 is 2.00. The van der Waals surface area contributed by atoms with Crippen LogP contribution in [0.2, 0.25) is 0 Å². The highest BCUT2D eigenvalue weighted by molar-refractivity contribution is 7.10. The molecule has 2 aromatic rings. The highest BCUT2D eigenvalue weighted by atomic mass is 32.1. The minimum Gasteiger partial charge on any atom is -0.329 e. The third-order valence-corrected chi connectivity index (χ3v) is 4.81. The molecule has 0 radical (unpaired) electrons. The standard InChI is InChI=1S/C15H24N4S/c1-4-7-19-11-13(10-17-19)14(9-16)18(3)12(2)15-6-5-8-20-15/h5-6,8,10-12,14H,4,7,9,16H2,1-3H3. The smallest absolute Gasteiger partial charge is 0.0538 e. The number of nitrogens with zero attached hydrogens (tertiary/aromatic N) is 3. The molecular formula is C15H24N4S. The van der Waals surface area contributed by atoms with Crippen LogP contribution in [0.1, 0.15) is 42.8 Å². The number of aromatic nitrogens is 2. The summed E-state index contributed by atoms with van der Waals surface area (Å²) in [4.78, 5) is 3.70. The van der Waals surface area contributed by atoms with Crippen molar-refractivity contribution in [3.63, 3.8) is 0 Å². The zero-order valence-electron chi connectivity index (χ0n) is 12.5. The van der Waals surface area contributed by atoms with E-state index < -0.39 is 0 Å².